The van der Waals surface area contributed by atoms with E-state index in [4.69, 9.17) is 26.8 Å². The van der Waals surface area contributed by atoms with Crippen LogP contribution in [-0.2, 0) is 9.59 Å². The average molecular weight is 288 g/mol. The zero-order valence-electron chi connectivity index (χ0n) is 11.7. The average Bonchev–Trinajstić information content (AvgIpc) is 2.42. The minimum absolute atomic E-state index is 0.156. The van der Waals surface area contributed by atoms with Crippen molar-refractivity contribution in [2.75, 3.05) is 19.8 Å². The molecule has 7 N–H and O–H groups in total. The van der Waals surface area contributed by atoms with Crippen molar-refractivity contribution >= 4 is 11.8 Å². The summed E-state index contributed by atoms with van der Waals surface area (Å²) in [5, 5.41) is 26.0. The minimum Gasteiger partial charge on any atom is -0.396 e. The Hall–Kier alpha value is -1.70. The van der Waals surface area contributed by atoms with Crippen molar-refractivity contribution in [2.24, 2.45) is 16.9 Å². The maximum Gasteiger partial charge on any atom is 0.241 e. The third-order valence-electron chi connectivity index (χ3n) is 2.59. The molecule has 0 spiro atoms. The summed E-state index contributed by atoms with van der Waals surface area (Å²) in [6, 6.07) is 0. The molecule has 0 aliphatic heterocycles. The van der Waals surface area contributed by atoms with Crippen LogP contribution in [0.4, 0.5) is 0 Å². The second-order valence-electron chi connectivity index (χ2n) is 4.17. The lowest BCUT2D eigenvalue weighted by molar-refractivity contribution is -0.114. The largest absolute Gasteiger partial charge is 0.396 e. The van der Waals surface area contributed by atoms with Crippen molar-refractivity contribution in [3.63, 3.8) is 0 Å². The molecule has 0 bridgehead atoms. The Bertz CT molecular complexity index is 296. The highest BCUT2D eigenvalue weighted by Gasteiger charge is 2.24. The smallest absolute Gasteiger partial charge is 0.241 e. The number of aliphatic hydroxyl groups excluding tert-OH is 3. The van der Waals surface area contributed by atoms with Crippen LogP contribution in [0.25, 0.3) is 0 Å². The molecule has 116 valence electrons. The molecule has 0 fully saturated rings. The van der Waals surface area contributed by atoms with Gasteiger partial charge in [0.25, 0.3) is 0 Å². The van der Waals surface area contributed by atoms with Crippen LogP contribution in [0, 0.1) is 5.41 Å². The third kappa shape index (κ3) is 11.4. The number of carbonyl (C=O) groups excluding carboxylic acids is 2. The van der Waals surface area contributed by atoms with Crippen molar-refractivity contribution in [1.29, 1.82) is 0 Å². The fourth-order valence-corrected chi connectivity index (χ4v) is 0.932. The Balaban J connectivity index is 0. The van der Waals surface area contributed by atoms with Gasteiger partial charge in [-0.3, -0.25) is 9.59 Å². The topological polar surface area (TPSA) is 147 Å². The molecular weight excluding hydrogens is 264 g/mol. The van der Waals surface area contributed by atoms with Gasteiger partial charge in [0.15, 0.2) is 0 Å². The number of carbonyl (C=O) groups is 2. The Morgan fingerprint density at radius 3 is 1.45 bits per heavy atom. The van der Waals surface area contributed by atoms with E-state index in [1.807, 2.05) is 6.92 Å². The minimum atomic E-state index is -0.667. The first kappa shape index (κ1) is 20.6. The van der Waals surface area contributed by atoms with Gasteiger partial charge in [0.05, 0.1) is 19.8 Å². The van der Waals surface area contributed by atoms with E-state index in [2.05, 4.69) is 0 Å². The normalized spacial score (nSPS) is 11.4. The fraction of sp³-hybridized carbons (Fsp3) is 0.538. The Morgan fingerprint density at radius 2 is 1.30 bits per heavy atom. The molecule has 20 heavy (non-hydrogen) atoms. The van der Waals surface area contributed by atoms with E-state index < -0.39 is 17.2 Å². The molecule has 0 unspecified atom stereocenters. The van der Waals surface area contributed by atoms with Crippen LogP contribution < -0.4 is 11.5 Å². The van der Waals surface area contributed by atoms with E-state index in [9.17, 15) is 9.59 Å². The molecule has 7 nitrogen and oxygen atoms in total. The standard InChI is InChI=1S/C7H10N2O2.C6H14O3/c8-6(10)4-2-1-3-5-7(9)11;1-2-6(3-7,4-8)5-9/h2-5H,1H2,(H2,8,10)(H2,9,11);7-9H,2-5H2,1H3. The number of amides is 2. The number of hydrogen-bond donors (Lipinski definition) is 5. The van der Waals surface area contributed by atoms with Crippen LogP contribution in [0.15, 0.2) is 24.3 Å². The van der Waals surface area contributed by atoms with Crippen LogP contribution in [0.2, 0.25) is 0 Å². The summed E-state index contributed by atoms with van der Waals surface area (Å²) >= 11 is 0. The SMILES string of the molecule is CCC(CO)(CO)CO.NC(=O)C=CCC=CC(N)=O. The first-order valence-electron chi connectivity index (χ1n) is 6.12. The molecule has 7 heteroatoms. The summed E-state index contributed by atoms with van der Waals surface area (Å²) in [5.41, 5.74) is 8.92. The van der Waals surface area contributed by atoms with Gasteiger partial charge < -0.3 is 26.8 Å². The van der Waals surface area contributed by atoms with E-state index in [0.29, 0.717) is 12.8 Å². The summed E-state index contributed by atoms with van der Waals surface area (Å²) in [7, 11) is 0. The molecule has 0 aliphatic carbocycles. The molecule has 0 aromatic carbocycles. The molecule has 0 saturated carbocycles. The quantitative estimate of drug-likeness (QED) is 0.357. The van der Waals surface area contributed by atoms with Crippen molar-refractivity contribution in [3.05, 3.63) is 24.3 Å². The first-order valence-corrected chi connectivity index (χ1v) is 6.12. The summed E-state index contributed by atoms with van der Waals surface area (Å²) in [6.07, 6.45) is 6.61. The number of primary amides is 2. The van der Waals surface area contributed by atoms with Crippen LogP contribution in [0.5, 0.6) is 0 Å². The molecule has 0 aliphatic rings. The Morgan fingerprint density at radius 1 is 0.950 bits per heavy atom. The molecule has 0 saturated heterocycles. The second kappa shape index (κ2) is 12.3. The van der Waals surface area contributed by atoms with Crippen molar-refractivity contribution in [1.82, 2.24) is 0 Å². The summed E-state index contributed by atoms with van der Waals surface area (Å²) < 4.78 is 0. The van der Waals surface area contributed by atoms with Gasteiger partial charge in [-0.25, -0.2) is 0 Å². The molecule has 0 radical (unpaired) electrons. The molecule has 2 amide bonds. The maximum atomic E-state index is 10.1. The van der Waals surface area contributed by atoms with Crippen molar-refractivity contribution < 1.29 is 24.9 Å². The number of hydrogen-bond acceptors (Lipinski definition) is 5. The second-order valence-corrected chi connectivity index (χ2v) is 4.17. The number of aliphatic hydroxyl groups is 3. The van der Waals surface area contributed by atoms with E-state index >= 15 is 0 Å². The molecular formula is C13H24N2O5. The van der Waals surface area contributed by atoms with E-state index in [1.54, 1.807) is 12.2 Å². The summed E-state index contributed by atoms with van der Waals surface area (Å²) in [4.78, 5) is 20.2. The van der Waals surface area contributed by atoms with Gasteiger partial charge in [-0.1, -0.05) is 19.1 Å². The van der Waals surface area contributed by atoms with Crippen molar-refractivity contribution in [3.8, 4) is 0 Å². The van der Waals surface area contributed by atoms with E-state index in [1.165, 1.54) is 12.2 Å². The van der Waals surface area contributed by atoms with Gasteiger partial charge in [-0.15, -0.1) is 0 Å². The number of rotatable bonds is 8. The summed E-state index contributed by atoms with van der Waals surface area (Å²) in [6.45, 7) is 1.35. The van der Waals surface area contributed by atoms with Crippen LogP contribution in [-0.4, -0.2) is 47.0 Å². The monoisotopic (exact) mass is 288 g/mol. The lowest BCUT2D eigenvalue weighted by Gasteiger charge is -2.24. The van der Waals surface area contributed by atoms with Crippen molar-refractivity contribution in [2.45, 2.75) is 19.8 Å². The third-order valence-corrected chi connectivity index (χ3v) is 2.59. The number of allylic oxidation sites excluding steroid dienone is 2. The molecule has 0 aromatic heterocycles. The highest BCUT2D eigenvalue weighted by Crippen LogP contribution is 2.18. The number of nitrogens with two attached hydrogens (primary N) is 2. The van der Waals surface area contributed by atoms with Crippen LogP contribution in [0.3, 0.4) is 0 Å². The maximum absolute atomic E-state index is 10.1. The summed E-state index contributed by atoms with van der Waals surface area (Å²) in [5.74, 6) is -1.00. The van der Waals surface area contributed by atoms with E-state index in [-0.39, 0.29) is 19.8 Å². The Kier molecular flexibility index (Phi) is 12.7. The molecule has 0 heterocycles. The van der Waals surface area contributed by atoms with Gasteiger partial charge in [0.1, 0.15) is 0 Å². The molecule has 0 rings (SSSR count). The lowest BCUT2D eigenvalue weighted by Crippen LogP contribution is -2.32. The van der Waals surface area contributed by atoms with Crippen LogP contribution >= 0.6 is 0 Å². The zero-order valence-corrected chi connectivity index (χ0v) is 11.7. The zero-order chi connectivity index (χ0) is 16.0. The highest BCUT2D eigenvalue weighted by atomic mass is 16.3. The molecule has 0 atom stereocenters. The fourth-order valence-electron chi connectivity index (χ4n) is 0.932. The van der Waals surface area contributed by atoms with Crippen LogP contribution in [0.1, 0.15) is 19.8 Å². The first-order chi connectivity index (χ1) is 9.37. The van der Waals surface area contributed by atoms with Gasteiger partial charge in [-0.2, -0.15) is 0 Å². The Labute approximate surface area is 118 Å². The van der Waals surface area contributed by atoms with Gasteiger partial charge in [0.2, 0.25) is 11.8 Å². The van der Waals surface area contributed by atoms with E-state index in [0.717, 1.165) is 0 Å². The highest BCUT2D eigenvalue weighted by molar-refractivity contribution is 5.86. The van der Waals surface area contributed by atoms with Gasteiger partial charge in [-0.05, 0) is 25.0 Å². The predicted molar refractivity (Wildman–Crippen MR) is 75.3 cm³/mol. The molecule has 0 aromatic rings. The van der Waals surface area contributed by atoms with Gasteiger partial charge in [0, 0.05) is 5.41 Å². The van der Waals surface area contributed by atoms with Gasteiger partial charge >= 0.3 is 0 Å². The lowest BCUT2D eigenvalue weighted by atomic mass is 9.88. The predicted octanol–water partition coefficient (Wildman–Crippen LogP) is -1.18.